The quantitative estimate of drug-likeness (QED) is 0.902. The fourth-order valence-corrected chi connectivity index (χ4v) is 2.48. The topological polar surface area (TPSA) is 35.2 Å². The predicted octanol–water partition coefficient (Wildman–Crippen LogP) is 3.71. The highest BCUT2D eigenvalue weighted by molar-refractivity contribution is 9.10. The van der Waals surface area contributed by atoms with Crippen molar-refractivity contribution in [1.29, 1.82) is 0 Å². The van der Waals surface area contributed by atoms with Crippen molar-refractivity contribution in [1.82, 2.24) is 0 Å². The minimum Gasteiger partial charge on any atom is -0.497 e. The van der Waals surface area contributed by atoms with Crippen molar-refractivity contribution in [3.8, 4) is 5.75 Å². The summed E-state index contributed by atoms with van der Waals surface area (Å²) in [6.07, 6.45) is 1.20. The Kier molecular flexibility index (Phi) is 5.15. The van der Waals surface area contributed by atoms with Gasteiger partial charge in [-0.05, 0) is 48.2 Å². The minimum absolute atomic E-state index is 0.127. The fourth-order valence-electron chi connectivity index (χ4n) is 2.14. The lowest BCUT2D eigenvalue weighted by Crippen LogP contribution is -2.26. The molecule has 1 atom stereocenters. The van der Waals surface area contributed by atoms with Crippen LogP contribution in [0.2, 0.25) is 0 Å². The van der Waals surface area contributed by atoms with Crippen LogP contribution in [0.1, 0.15) is 11.1 Å². The van der Waals surface area contributed by atoms with Gasteiger partial charge in [0.2, 0.25) is 0 Å². The maximum Gasteiger partial charge on any atom is 0.127 e. The van der Waals surface area contributed by atoms with Crippen molar-refractivity contribution >= 4 is 15.9 Å². The van der Waals surface area contributed by atoms with Crippen LogP contribution in [0.25, 0.3) is 0 Å². The van der Waals surface area contributed by atoms with E-state index in [1.165, 1.54) is 6.07 Å². The first-order valence-corrected chi connectivity index (χ1v) is 7.20. The number of methoxy groups -OCH3 is 1. The molecular weight excluding hydrogens is 321 g/mol. The second-order valence-corrected chi connectivity index (χ2v) is 5.67. The zero-order chi connectivity index (χ0) is 14.5. The highest BCUT2D eigenvalue weighted by Gasteiger charge is 2.10. The molecule has 0 radical (unpaired) electrons. The standard InChI is InChI=1S/C16H17BrFNO/c1-20-15-4-2-3-11(8-15)7-14(19)9-12-5-6-13(17)10-16(12)18/h2-6,8,10,14H,7,9,19H2,1H3. The van der Waals surface area contributed by atoms with Crippen LogP contribution in [0.4, 0.5) is 4.39 Å². The number of nitrogens with two attached hydrogens (primary N) is 1. The van der Waals surface area contributed by atoms with Gasteiger partial charge in [0, 0.05) is 10.5 Å². The average Bonchev–Trinajstić information content (AvgIpc) is 2.42. The highest BCUT2D eigenvalue weighted by Crippen LogP contribution is 2.18. The van der Waals surface area contributed by atoms with Crippen molar-refractivity contribution in [2.24, 2.45) is 5.73 Å². The third-order valence-corrected chi connectivity index (χ3v) is 3.62. The van der Waals surface area contributed by atoms with Crippen LogP contribution in [0.5, 0.6) is 5.75 Å². The van der Waals surface area contributed by atoms with Crippen LogP contribution in [-0.2, 0) is 12.8 Å². The molecule has 0 fully saturated rings. The molecule has 0 heterocycles. The molecule has 0 saturated carbocycles. The number of halogens is 2. The zero-order valence-electron chi connectivity index (χ0n) is 11.3. The normalized spacial score (nSPS) is 12.2. The van der Waals surface area contributed by atoms with E-state index >= 15 is 0 Å². The first-order chi connectivity index (χ1) is 9.58. The van der Waals surface area contributed by atoms with Crippen molar-refractivity contribution in [2.75, 3.05) is 7.11 Å². The molecule has 106 valence electrons. The highest BCUT2D eigenvalue weighted by atomic mass is 79.9. The molecule has 0 bridgehead atoms. The van der Waals surface area contributed by atoms with Gasteiger partial charge in [0.05, 0.1) is 7.11 Å². The lowest BCUT2D eigenvalue weighted by molar-refractivity contribution is 0.414. The summed E-state index contributed by atoms with van der Waals surface area (Å²) in [5, 5.41) is 0. The molecule has 0 spiro atoms. The van der Waals surface area contributed by atoms with Crippen LogP contribution in [-0.4, -0.2) is 13.2 Å². The Labute approximate surface area is 126 Å². The van der Waals surface area contributed by atoms with Crippen molar-refractivity contribution in [3.05, 3.63) is 63.9 Å². The smallest absolute Gasteiger partial charge is 0.127 e. The summed E-state index contributed by atoms with van der Waals surface area (Å²) in [7, 11) is 1.64. The molecule has 2 aromatic carbocycles. The Morgan fingerprint density at radius 3 is 2.70 bits per heavy atom. The lowest BCUT2D eigenvalue weighted by atomic mass is 9.99. The molecule has 2 rings (SSSR count). The van der Waals surface area contributed by atoms with Crippen LogP contribution in [0.3, 0.4) is 0 Å². The Morgan fingerprint density at radius 1 is 1.20 bits per heavy atom. The van der Waals surface area contributed by atoms with Gasteiger partial charge in [-0.25, -0.2) is 4.39 Å². The zero-order valence-corrected chi connectivity index (χ0v) is 12.9. The maximum atomic E-state index is 13.8. The molecule has 0 aliphatic rings. The molecule has 1 unspecified atom stereocenters. The molecule has 2 aromatic rings. The van der Waals surface area contributed by atoms with Crippen molar-refractivity contribution in [2.45, 2.75) is 18.9 Å². The summed E-state index contributed by atoms with van der Waals surface area (Å²) in [6.45, 7) is 0. The van der Waals surface area contributed by atoms with Gasteiger partial charge in [-0.2, -0.15) is 0 Å². The maximum absolute atomic E-state index is 13.8. The summed E-state index contributed by atoms with van der Waals surface area (Å²) in [5.74, 6) is 0.588. The molecule has 20 heavy (non-hydrogen) atoms. The van der Waals surface area contributed by atoms with Gasteiger partial charge in [0.25, 0.3) is 0 Å². The monoisotopic (exact) mass is 337 g/mol. The molecule has 2 nitrogen and oxygen atoms in total. The lowest BCUT2D eigenvalue weighted by Gasteiger charge is -2.13. The van der Waals surface area contributed by atoms with Gasteiger partial charge >= 0.3 is 0 Å². The summed E-state index contributed by atoms with van der Waals surface area (Å²) in [6, 6.07) is 12.7. The fraction of sp³-hybridized carbons (Fsp3) is 0.250. The second kappa shape index (κ2) is 6.86. The van der Waals surface area contributed by atoms with E-state index in [0.29, 0.717) is 18.4 Å². The molecule has 0 aliphatic heterocycles. The van der Waals surface area contributed by atoms with E-state index < -0.39 is 0 Å². The summed E-state index contributed by atoms with van der Waals surface area (Å²) in [4.78, 5) is 0. The number of rotatable bonds is 5. The van der Waals surface area contributed by atoms with Gasteiger partial charge in [0.1, 0.15) is 11.6 Å². The van der Waals surface area contributed by atoms with Gasteiger partial charge in [-0.15, -0.1) is 0 Å². The van der Waals surface area contributed by atoms with E-state index in [0.717, 1.165) is 15.8 Å². The van der Waals surface area contributed by atoms with Gasteiger partial charge in [0.15, 0.2) is 0 Å². The largest absolute Gasteiger partial charge is 0.497 e. The molecule has 4 heteroatoms. The van der Waals surface area contributed by atoms with E-state index in [9.17, 15) is 4.39 Å². The average molecular weight is 338 g/mol. The molecule has 2 N–H and O–H groups in total. The number of ether oxygens (including phenoxy) is 1. The number of hydrogen-bond acceptors (Lipinski definition) is 2. The van der Waals surface area contributed by atoms with Crippen molar-refractivity contribution in [3.63, 3.8) is 0 Å². The van der Waals surface area contributed by atoms with Gasteiger partial charge in [-0.1, -0.05) is 34.1 Å². The molecule has 0 saturated heterocycles. The van der Waals surface area contributed by atoms with Crippen LogP contribution < -0.4 is 10.5 Å². The predicted molar refractivity (Wildman–Crippen MR) is 82.5 cm³/mol. The molecular formula is C16H17BrFNO. The minimum atomic E-state index is -0.222. The number of hydrogen-bond donors (Lipinski definition) is 1. The summed E-state index contributed by atoms with van der Waals surface area (Å²) in [5.41, 5.74) is 7.85. The van der Waals surface area contributed by atoms with Gasteiger partial charge in [-0.3, -0.25) is 0 Å². The van der Waals surface area contributed by atoms with E-state index in [-0.39, 0.29) is 11.9 Å². The van der Waals surface area contributed by atoms with Crippen LogP contribution in [0.15, 0.2) is 46.9 Å². The molecule has 0 aromatic heterocycles. The van der Waals surface area contributed by atoms with Crippen molar-refractivity contribution < 1.29 is 9.13 Å². The van der Waals surface area contributed by atoms with Gasteiger partial charge < -0.3 is 10.5 Å². The van der Waals surface area contributed by atoms with E-state index in [4.69, 9.17) is 10.5 Å². The summed E-state index contributed by atoms with van der Waals surface area (Å²) < 4.78 is 19.7. The van der Waals surface area contributed by atoms with Crippen LogP contribution >= 0.6 is 15.9 Å². The third kappa shape index (κ3) is 4.05. The Bertz CT molecular complexity index is 588. The van der Waals surface area contributed by atoms with Crippen LogP contribution in [0, 0.1) is 5.82 Å². The Hall–Kier alpha value is -1.39. The third-order valence-electron chi connectivity index (χ3n) is 3.13. The Balaban J connectivity index is 2.02. The summed E-state index contributed by atoms with van der Waals surface area (Å²) >= 11 is 3.25. The first kappa shape index (κ1) is 15.0. The van der Waals surface area contributed by atoms with E-state index in [1.807, 2.05) is 30.3 Å². The number of benzene rings is 2. The van der Waals surface area contributed by atoms with E-state index in [2.05, 4.69) is 15.9 Å². The SMILES string of the molecule is COc1cccc(CC(N)Cc2ccc(Br)cc2F)c1. The Morgan fingerprint density at radius 2 is 2.00 bits per heavy atom. The molecule has 0 amide bonds. The van der Waals surface area contributed by atoms with E-state index in [1.54, 1.807) is 13.2 Å². The molecule has 0 aliphatic carbocycles. The first-order valence-electron chi connectivity index (χ1n) is 6.41. The second-order valence-electron chi connectivity index (χ2n) is 4.76.